The summed E-state index contributed by atoms with van der Waals surface area (Å²) in [6, 6.07) is 8.08. The second-order valence-electron chi connectivity index (χ2n) is 5.33. The van der Waals surface area contributed by atoms with Crippen molar-refractivity contribution in [2.75, 3.05) is 0 Å². The van der Waals surface area contributed by atoms with Crippen LogP contribution in [0.5, 0.6) is 0 Å². The summed E-state index contributed by atoms with van der Waals surface area (Å²) in [6.45, 7) is 0. The van der Waals surface area contributed by atoms with Crippen LogP contribution in [0.25, 0.3) is 10.2 Å². The Hall–Kier alpha value is -1.42. The van der Waals surface area contributed by atoms with E-state index in [0.717, 1.165) is 23.4 Å². The molecule has 1 aliphatic rings. The predicted octanol–water partition coefficient (Wildman–Crippen LogP) is 4.10. The summed E-state index contributed by atoms with van der Waals surface area (Å²) in [4.78, 5) is 16.4. The van der Waals surface area contributed by atoms with Gasteiger partial charge in [0, 0.05) is 6.42 Å². The zero-order chi connectivity index (χ0) is 13.8. The Morgan fingerprint density at radius 1 is 1.25 bits per heavy atom. The summed E-state index contributed by atoms with van der Waals surface area (Å²) >= 11 is 1.67. The number of hydrogen-bond acceptors (Lipinski definition) is 4. The Balaban J connectivity index is 1.51. The van der Waals surface area contributed by atoms with E-state index in [9.17, 15) is 4.79 Å². The third kappa shape index (κ3) is 3.37. The number of carbonyl (C=O) groups excluding carboxylic acids is 1. The highest BCUT2D eigenvalue weighted by Crippen LogP contribution is 2.23. The maximum atomic E-state index is 11.9. The molecule has 0 N–H and O–H groups in total. The number of esters is 1. The monoisotopic (exact) mass is 289 g/mol. The number of hydrogen-bond donors (Lipinski definition) is 0. The largest absolute Gasteiger partial charge is 0.462 e. The minimum Gasteiger partial charge on any atom is -0.462 e. The van der Waals surface area contributed by atoms with Crippen molar-refractivity contribution in [1.82, 2.24) is 4.98 Å². The van der Waals surface area contributed by atoms with Crippen LogP contribution in [0.2, 0.25) is 0 Å². The van der Waals surface area contributed by atoms with Gasteiger partial charge in [0.2, 0.25) is 0 Å². The fourth-order valence-electron chi connectivity index (χ4n) is 2.66. The molecule has 1 heterocycles. The highest BCUT2D eigenvalue weighted by molar-refractivity contribution is 7.18. The molecule has 0 radical (unpaired) electrons. The minimum atomic E-state index is -0.0730. The maximum Gasteiger partial charge on any atom is 0.306 e. The molecule has 0 unspecified atom stereocenters. The molecular weight excluding hydrogens is 270 g/mol. The lowest BCUT2D eigenvalue weighted by Crippen LogP contribution is -2.21. The van der Waals surface area contributed by atoms with Gasteiger partial charge in [-0.25, -0.2) is 4.98 Å². The number of ether oxygens (including phenoxy) is 1. The molecule has 0 spiro atoms. The lowest BCUT2D eigenvalue weighted by atomic mass is 9.98. The van der Waals surface area contributed by atoms with Crippen LogP contribution in [0, 0.1) is 0 Å². The molecule has 1 aromatic heterocycles. The van der Waals surface area contributed by atoms with Crippen LogP contribution in [0.3, 0.4) is 0 Å². The molecule has 2 aromatic rings. The number of thiazole rings is 1. The number of carbonyl (C=O) groups is 1. The van der Waals surface area contributed by atoms with Gasteiger partial charge in [-0.2, -0.15) is 0 Å². The van der Waals surface area contributed by atoms with Crippen molar-refractivity contribution in [1.29, 1.82) is 0 Å². The molecule has 0 bridgehead atoms. The van der Waals surface area contributed by atoms with Crippen molar-refractivity contribution >= 4 is 27.5 Å². The molecule has 3 nitrogen and oxygen atoms in total. The van der Waals surface area contributed by atoms with Crippen molar-refractivity contribution in [3.63, 3.8) is 0 Å². The van der Waals surface area contributed by atoms with Crippen LogP contribution in [0.15, 0.2) is 24.3 Å². The highest BCUT2D eigenvalue weighted by atomic mass is 32.1. The van der Waals surface area contributed by atoms with E-state index >= 15 is 0 Å². The smallest absolute Gasteiger partial charge is 0.306 e. The fraction of sp³-hybridized carbons (Fsp3) is 0.500. The van der Waals surface area contributed by atoms with Crippen molar-refractivity contribution < 1.29 is 9.53 Å². The third-order valence-electron chi connectivity index (χ3n) is 3.73. The van der Waals surface area contributed by atoms with E-state index in [1.54, 1.807) is 11.3 Å². The van der Waals surface area contributed by atoms with Crippen LogP contribution in [-0.4, -0.2) is 17.1 Å². The number of aromatic nitrogens is 1. The lowest BCUT2D eigenvalue weighted by molar-refractivity contribution is -0.150. The maximum absolute atomic E-state index is 11.9. The number of nitrogens with zero attached hydrogens (tertiary/aromatic N) is 1. The van der Waals surface area contributed by atoms with Gasteiger partial charge in [-0.1, -0.05) is 18.6 Å². The van der Waals surface area contributed by atoms with E-state index in [4.69, 9.17) is 4.74 Å². The van der Waals surface area contributed by atoms with Crippen molar-refractivity contribution in [3.05, 3.63) is 29.3 Å². The van der Waals surface area contributed by atoms with E-state index in [2.05, 4.69) is 11.1 Å². The van der Waals surface area contributed by atoms with Gasteiger partial charge in [-0.3, -0.25) is 4.79 Å². The van der Waals surface area contributed by atoms with E-state index in [-0.39, 0.29) is 12.1 Å². The summed E-state index contributed by atoms with van der Waals surface area (Å²) < 4.78 is 6.71. The third-order valence-corrected chi connectivity index (χ3v) is 4.83. The molecule has 3 rings (SSSR count). The first-order valence-electron chi connectivity index (χ1n) is 7.35. The standard InChI is InChI=1S/C16H19NO2S/c18-16(19-12-6-2-1-3-7-12)11-10-15-17-13-8-4-5-9-14(13)20-15/h4-5,8-9,12H,1-3,6-7,10-11H2. The van der Waals surface area contributed by atoms with Gasteiger partial charge in [0.15, 0.2) is 0 Å². The molecular formula is C16H19NO2S. The summed E-state index contributed by atoms with van der Waals surface area (Å²) in [7, 11) is 0. The normalized spacial score (nSPS) is 16.4. The van der Waals surface area contributed by atoms with Crippen molar-refractivity contribution in [2.45, 2.75) is 51.0 Å². The van der Waals surface area contributed by atoms with Crippen LogP contribution >= 0.6 is 11.3 Å². The Labute approximate surface area is 123 Å². The first kappa shape index (κ1) is 13.6. The predicted molar refractivity (Wildman–Crippen MR) is 80.9 cm³/mol. The molecule has 0 aliphatic heterocycles. The number of para-hydroxylation sites is 1. The van der Waals surface area contributed by atoms with E-state index < -0.39 is 0 Å². The van der Waals surface area contributed by atoms with E-state index in [1.807, 2.05) is 18.2 Å². The zero-order valence-corrected chi connectivity index (χ0v) is 12.3. The number of rotatable bonds is 4. The Morgan fingerprint density at radius 3 is 2.85 bits per heavy atom. The Kier molecular flexibility index (Phi) is 4.31. The van der Waals surface area contributed by atoms with Crippen molar-refractivity contribution in [2.24, 2.45) is 0 Å². The number of fused-ring (bicyclic) bond motifs is 1. The molecule has 0 amide bonds. The number of benzene rings is 1. The summed E-state index contributed by atoms with van der Waals surface area (Å²) in [6.07, 6.45) is 7.01. The average Bonchev–Trinajstić information content (AvgIpc) is 2.89. The molecule has 4 heteroatoms. The summed E-state index contributed by atoms with van der Waals surface area (Å²) in [5.74, 6) is -0.0730. The van der Waals surface area contributed by atoms with Gasteiger partial charge in [-0.15, -0.1) is 11.3 Å². The van der Waals surface area contributed by atoms with E-state index in [0.29, 0.717) is 12.8 Å². The Bertz CT molecular complexity index is 554. The SMILES string of the molecule is O=C(CCc1nc2ccccc2s1)OC1CCCCC1. The molecule has 106 valence electrons. The van der Waals surface area contributed by atoms with Gasteiger partial charge < -0.3 is 4.74 Å². The zero-order valence-electron chi connectivity index (χ0n) is 11.5. The van der Waals surface area contributed by atoms with Gasteiger partial charge in [-0.05, 0) is 37.8 Å². The van der Waals surface area contributed by atoms with Gasteiger partial charge >= 0.3 is 5.97 Å². The quantitative estimate of drug-likeness (QED) is 0.795. The average molecular weight is 289 g/mol. The molecule has 1 fully saturated rings. The Morgan fingerprint density at radius 2 is 2.05 bits per heavy atom. The van der Waals surface area contributed by atoms with Crippen molar-refractivity contribution in [3.8, 4) is 0 Å². The molecule has 1 aromatic carbocycles. The lowest BCUT2D eigenvalue weighted by Gasteiger charge is -2.21. The molecule has 1 saturated carbocycles. The molecule has 0 saturated heterocycles. The van der Waals surface area contributed by atoms with Gasteiger partial charge in [0.05, 0.1) is 21.6 Å². The first-order chi connectivity index (χ1) is 9.81. The number of aryl methyl sites for hydroxylation is 1. The van der Waals surface area contributed by atoms with Crippen LogP contribution < -0.4 is 0 Å². The van der Waals surface area contributed by atoms with Crippen LogP contribution in [0.1, 0.15) is 43.5 Å². The fourth-order valence-corrected chi connectivity index (χ4v) is 3.63. The molecule has 1 aliphatic carbocycles. The topological polar surface area (TPSA) is 39.2 Å². The molecule has 20 heavy (non-hydrogen) atoms. The second kappa shape index (κ2) is 6.35. The second-order valence-corrected chi connectivity index (χ2v) is 6.44. The minimum absolute atomic E-state index is 0.0730. The van der Waals surface area contributed by atoms with Gasteiger partial charge in [0.1, 0.15) is 6.10 Å². The summed E-state index contributed by atoms with van der Waals surface area (Å²) in [5.41, 5.74) is 1.02. The highest BCUT2D eigenvalue weighted by Gasteiger charge is 2.17. The first-order valence-corrected chi connectivity index (χ1v) is 8.17. The summed E-state index contributed by atoms with van der Waals surface area (Å²) in [5, 5.41) is 1.02. The van der Waals surface area contributed by atoms with Gasteiger partial charge in [0.25, 0.3) is 0 Å². The van der Waals surface area contributed by atoms with Crippen LogP contribution in [-0.2, 0) is 16.0 Å². The van der Waals surface area contributed by atoms with Crippen LogP contribution in [0.4, 0.5) is 0 Å². The molecule has 0 atom stereocenters. The van der Waals surface area contributed by atoms with E-state index in [1.165, 1.54) is 24.0 Å².